The van der Waals surface area contributed by atoms with Gasteiger partial charge < -0.3 is 14.1 Å². The molecule has 5 nitrogen and oxygen atoms in total. The molecule has 122 valence electrons. The number of halogens is 2. The molecule has 1 heterocycles. The van der Waals surface area contributed by atoms with Crippen LogP contribution in [-0.4, -0.2) is 30.9 Å². The second-order valence-corrected chi connectivity index (χ2v) is 5.78. The van der Waals surface area contributed by atoms with Crippen molar-refractivity contribution in [1.29, 1.82) is 0 Å². The number of esters is 1. The fourth-order valence-electron chi connectivity index (χ4n) is 2.09. The van der Waals surface area contributed by atoms with Crippen LogP contribution < -0.4 is 0 Å². The Labute approximate surface area is 143 Å². The molecule has 0 N–H and O–H groups in total. The summed E-state index contributed by atoms with van der Waals surface area (Å²) in [5, 5.41) is 0.697. The van der Waals surface area contributed by atoms with Crippen molar-refractivity contribution in [3.63, 3.8) is 0 Å². The van der Waals surface area contributed by atoms with E-state index >= 15 is 0 Å². The maximum atomic E-state index is 12.4. The number of carbonyl (C=O) groups is 2. The fourth-order valence-corrected chi connectivity index (χ4v) is 2.39. The Morgan fingerprint density at radius 2 is 1.91 bits per heavy atom. The number of methoxy groups -OCH3 is 1. The van der Waals surface area contributed by atoms with E-state index in [4.69, 9.17) is 27.6 Å². The van der Waals surface area contributed by atoms with Gasteiger partial charge in [-0.1, -0.05) is 23.2 Å². The molecule has 0 radical (unpaired) electrons. The van der Waals surface area contributed by atoms with Gasteiger partial charge in [-0.3, -0.25) is 4.79 Å². The monoisotopic (exact) mass is 355 g/mol. The first kappa shape index (κ1) is 17.4. The Morgan fingerprint density at radius 1 is 1.22 bits per heavy atom. The average Bonchev–Trinajstić information content (AvgIpc) is 2.88. The van der Waals surface area contributed by atoms with Gasteiger partial charge in [-0.25, -0.2) is 4.79 Å². The Hall–Kier alpha value is -1.98. The number of nitrogens with zero attached hydrogens (tertiary/aromatic N) is 1. The highest BCUT2D eigenvalue weighted by Crippen LogP contribution is 2.24. The molecular formula is C16H15Cl2NO4. The van der Waals surface area contributed by atoms with Gasteiger partial charge in [0.2, 0.25) is 0 Å². The highest BCUT2D eigenvalue weighted by atomic mass is 35.5. The lowest BCUT2D eigenvalue weighted by atomic mass is 10.2. The number of aryl methyl sites for hydroxylation is 1. The molecule has 0 unspecified atom stereocenters. The van der Waals surface area contributed by atoms with E-state index in [-0.39, 0.29) is 12.5 Å². The maximum Gasteiger partial charge on any atom is 0.341 e. The molecule has 0 fully saturated rings. The molecule has 23 heavy (non-hydrogen) atoms. The van der Waals surface area contributed by atoms with Crippen molar-refractivity contribution in [3.8, 4) is 0 Å². The quantitative estimate of drug-likeness (QED) is 0.779. The first-order valence-electron chi connectivity index (χ1n) is 6.71. The van der Waals surface area contributed by atoms with Crippen LogP contribution >= 0.6 is 23.2 Å². The Balaban J connectivity index is 2.15. The maximum absolute atomic E-state index is 12.4. The Kier molecular flexibility index (Phi) is 5.34. The van der Waals surface area contributed by atoms with Gasteiger partial charge in [-0.2, -0.15) is 0 Å². The van der Waals surface area contributed by atoms with Gasteiger partial charge in [0.25, 0.3) is 5.91 Å². The molecule has 0 saturated heterocycles. The number of hydrogen-bond acceptors (Lipinski definition) is 4. The van der Waals surface area contributed by atoms with Crippen LogP contribution in [-0.2, 0) is 11.3 Å². The van der Waals surface area contributed by atoms with Gasteiger partial charge in [0, 0.05) is 12.6 Å². The van der Waals surface area contributed by atoms with Gasteiger partial charge in [-0.05, 0) is 31.2 Å². The van der Waals surface area contributed by atoms with Gasteiger partial charge in [-0.15, -0.1) is 0 Å². The molecule has 1 aromatic carbocycles. The van der Waals surface area contributed by atoms with Crippen molar-refractivity contribution in [2.24, 2.45) is 0 Å². The number of furan rings is 1. The van der Waals surface area contributed by atoms with Crippen LogP contribution in [0.1, 0.15) is 32.2 Å². The van der Waals surface area contributed by atoms with Crippen LogP contribution in [0.3, 0.4) is 0 Å². The van der Waals surface area contributed by atoms with Crippen molar-refractivity contribution in [3.05, 3.63) is 57.0 Å². The predicted molar refractivity (Wildman–Crippen MR) is 87.0 cm³/mol. The second-order valence-electron chi connectivity index (χ2n) is 4.96. The third kappa shape index (κ3) is 3.86. The summed E-state index contributed by atoms with van der Waals surface area (Å²) >= 11 is 11.8. The van der Waals surface area contributed by atoms with E-state index in [0.29, 0.717) is 32.7 Å². The summed E-state index contributed by atoms with van der Waals surface area (Å²) in [6, 6.07) is 6.24. The predicted octanol–water partition coefficient (Wildman–Crippen LogP) is 3.95. The molecule has 1 amide bonds. The molecule has 0 saturated carbocycles. The summed E-state index contributed by atoms with van der Waals surface area (Å²) in [4.78, 5) is 25.4. The van der Waals surface area contributed by atoms with Crippen LogP contribution in [0, 0.1) is 6.92 Å². The Bertz CT molecular complexity index is 755. The van der Waals surface area contributed by atoms with Crippen LogP contribution in [0.15, 0.2) is 28.7 Å². The SMILES string of the molecule is COC(=O)c1cc(CN(C)C(=O)c2ccc(Cl)c(Cl)c2)oc1C. The van der Waals surface area contributed by atoms with Crippen molar-refractivity contribution < 1.29 is 18.7 Å². The Morgan fingerprint density at radius 3 is 2.52 bits per heavy atom. The molecular weight excluding hydrogens is 341 g/mol. The summed E-state index contributed by atoms with van der Waals surface area (Å²) in [6.07, 6.45) is 0. The van der Waals surface area contributed by atoms with E-state index in [1.54, 1.807) is 32.2 Å². The van der Waals surface area contributed by atoms with Crippen LogP contribution in [0.4, 0.5) is 0 Å². The van der Waals surface area contributed by atoms with Crippen molar-refractivity contribution in [2.75, 3.05) is 14.2 Å². The number of amides is 1. The minimum Gasteiger partial charge on any atom is -0.465 e. The fraction of sp³-hybridized carbons (Fsp3) is 0.250. The summed E-state index contributed by atoms with van der Waals surface area (Å²) in [5.41, 5.74) is 0.760. The molecule has 0 atom stereocenters. The van der Waals surface area contributed by atoms with E-state index in [2.05, 4.69) is 4.74 Å². The molecule has 0 spiro atoms. The summed E-state index contributed by atoms with van der Waals surface area (Å²) < 4.78 is 10.2. The van der Waals surface area contributed by atoms with Gasteiger partial charge in [0.15, 0.2) is 0 Å². The van der Waals surface area contributed by atoms with Gasteiger partial charge >= 0.3 is 5.97 Å². The topological polar surface area (TPSA) is 59.8 Å². The van der Waals surface area contributed by atoms with Crippen molar-refractivity contribution in [2.45, 2.75) is 13.5 Å². The number of benzene rings is 1. The summed E-state index contributed by atoms with van der Waals surface area (Å²) in [6.45, 7) is 1.87. The molecule has 0 bridgehead atoms. The molecule has 0 aliphatic heterocycles. The lowest BCUT2D eigenvalue weighted by molar-refractivity contribution is 0.0598. The third-order valence-corrected chi connectivity index (χ3v) is 4.02. The highest BCUT2D eigenvalue weighted by Gasteiger charge is 2.19. The highest BCUT2D eigenvalue weighted by molar-refractivity contribution is 6.42. The van der Waals surface area contributed by atoms with Crippen LogP contribution in [0.5, 0.6) is 0 Å². The summed E-state index contributed by atoms with van der Waals surface area (Å²) in [5.74, 6) is 0.217. The van der Waals surface area contributed by atoms with E-state index in [0.717, 1.165) is 0 Å². The minimum absolute atomic E-state index is 0.205. The standard InChI is InChI=1S/C16H15Cl2NO4/c1-9-12(16(21)22-3)7-11(23-9)8-19(2)15(20)10-4-5-13(17)14(18)6-10/h4-7H,8H2,1-3H3. The minimum atomic E-state index is -0.476. The van der Waals surface area contributed by atoms with Gasteiger partial charge in [0.1, 0.15) is 17.1 Å². The van der Waals surface area contributed by atoms with Gasteiger partial charge in [0.05, 0.1) is 23.7 Å². The number of ether oxygens (including phenoxy) is 1. The lowest BCUT2D eigenvalue weighted by Crippen LogP contribution is -2.26. The van der Waals surface area contributed by atoms with Crippen molar-refractivity contribution >= 4 is 35.1 Å². The molecule has 2 rings (SSSR count). The molecule has 7 heteroatoms. The zero-order chi connectivity index (χ0) is 17.1. The van der Waals surface area contributed by atoms with Crippen LogP contribution in [0.25, 0.3) is 0 Å². The molecule has 0 aliphatic carbocycles. The van der Waals surface area contributed by atoms with Crippen molar-refractivity contribution in [1.82, 2.24) is 4.90 Å². The second kappa shape index (κ2) is 7.06. The number of carbonyl (C=O) groups excluding carboxylic acids is 2. The van der Waals surface area contributed by atoms with E-state index < -0.39 is 5.97 Å². The third-order valence-electron chi connectivity index (χ3n) is 3.28. The zero-order valence-electron chi connectivity index (χ0n) is 12.9. The van der Waals surface area contributed by atoms with Crippen LogP contribution in [0.2, 0.25) is 10.0 Å². The lowest BCUT2D eigenvalue weighted by Gasteiger charge is -2.16. The summed E-state index contributed by atoms with van der Waals surface area (Å²) in [7, 11) is 2.93. The smallest absolute Gasteiger partial charge is 0.341 e. The van der Waals surface area contributed by atoms with E-state index in [1.165, 1.54) is 18.1 Å². The zero-order valence-corrected chi connectivity index (χ0v) is 14.4. The molecule has 1 aromatic heterocycles. The van der Waals surface area contributed by atoms with E-state index in [1.807, 2.05) is 0 Å². The normalized spacial score (nSPS) is 10.5. The largest absolute Gasteiger partial charge is 0.465 e. The van der Waals surface area contributed by atoms with E-state index in [9.17, 15) is 9.59 Å². The first-order valence-corrected chi connectivity index (χ1v) is 7.47. The first-order chi connectivity index (χ1) is 10.8. The molecule has 0 aliphatic rings. The average molecular weight is 356 g/mol. The number of hydrogen-bond donors (Lipinski definition) is 0. The number of rotatable bonds is 4. The molecule has 2 aromatic rings.